The van der Waals surface area contributed by atoms with E-state index in [2.05, 4.69) is 19.6 Å². The number of rotatable bonds is 8. The molecular weight excluding hydrogens is 391 g/mol. The fourth-order valence-electron chi connectivity index (χ4n) is 2.84. The van der Waals surface area contributed by atoms with Crippen molar-refractivity contribution in [2.24, 2.45) is 10.3 Å². The lowest BCUT2D eigenvalue weighted by Crippen LogP contribution is -2.20. The first-order valence-corrected chi connectivity index (χ1v) is 9.40. The molecule has 0 aliphatic heterocycles. The molecule has 2 aromatic rings. The summed E-state index contributed by atoms with van der Waals surface area (Å²) in [6.45, 7) is 3.90. The van der Waals surface area contributed by atoms with Crippen LogP contribution in [0, 0.1) is 6.92 Å². The molecule has 0 saturated heterocycles. The molecule has 0 fully saturated rings. The zero-order chi connectivity index (χ0) is 21.4. The SMILES string of the molecule is CO/N=C(/C(=O)OC)c1cccc(C)c1CO/N=C(\C)c1c(P)cccc1OC. The molecule has 0 bridgehead atoms. The lowest BCUT2D eigenvalue weighted by molar-refractivity contribution is -0.132. The molecular formula is C21H25N2O5P. The van der Waals surface area contributed by atoms with Gasteiger partial charge in [0.25, 0.3) is 0 Å². The second-order valence-electron chi connectivity index (χ2n) is 6.09. The lowest BCUT2D eigenvalue weighted by atomic mass is 9.99. The quantitative estimate of drug-likeness (QED) is 0.286. The minimum Gasteiger partial charge on any atom is -0.496 e. The molecule has 0 heterocycles. The van der Waals surface area contributed by atoms with E-state index in [1.54, 1.807) is 13.2 Å². The van der Waals surface area contributed by atoms with Crippen LogP contribution in [0.5, 0.6) is 5.75 Å². The Bertz CT molecular complexity index is 941. The number of hydrogen-bond donors (Lipinski definition) is 0. The molecule has 7 nitrogen and oxygen atoms in total. The van der Waals surface area contributed by atoms with Gasteiger partial charge >= 0.3 is 5.97 Å². The molecule has 1 atom stereocenters. The van der Waals surface area contributed by atoms with Gasteiger partial charge in [-0.3, -0.25) is 0 Å². The highest BCUT2D eigenvalue weighted by atomic mass is 31.0. The van der Waals surface area contributed by atoms with Crippen molar-refractivity contribution in [2.75, 3.05) is 21.3 Å². The number of oxime groups is 2. The van der Waals surface area contributed by atoms with Gasteiger partial charge < -0.3 is 19.1 Å². The van der Waals surface area contributed by atoms with Gasteiger partial charge in [-0.05, 0) is 30.8 Å². The van der Waals surface area contributed by atoms with Crippen molar-refractivity contribution in [3.8, 4) is 5.75 Å². The fraction of sp³-hybridized carbons (Fsp3) is 0.286. The van der Waals surface area contributed by atoms with Crippen LogP contribution in [-0.2, 0) is 25.8 Å². The normalized spacial score (nSPS) is 11.8. The Labute approximate surface area is 172 Å². The van der Waals surface area contributed by atoms with Crippen molar-refractivity contribution in [1.82, 2.24) is 0 Å². The number of esters is 1. The van der Waals surface area contributed by atoms with Crippen molar-refractivity contribution in [3.05, 3.63) is 58.7 Å². The molecule has 0 amide bonds. The monoisotopic (exact) mass is 416 g/mol. The number of ether oxygens (including phenoxy) is 2. The van der Waals surface area contributed by atoms with Gasteiger partial charge in [0.2, 0.25) is 0 Å². The highest BCUT2D eigenvalue weighted by molar-refractivity contribution is 7.27. The summed E-state index contributed by atoms with van der Waals surface area (Å²) in [4.78, 5) is 22.6. The van der Waals surface area contributed by atoms with Crippen LogP contribution in [0.1, 0.15) is 29.2 Å². The maximum Gasteiger partial charge on any atom is 0.360 e. The number of nitrogens with zero attached hydrogens (tertiary/aromatic N) is 2. The van der Waals surface area contributed by atoms with Crippen molar-refractivity contribution < 1.29 is 23.9 Å². The van der Waals surface area contributed by atoms with Crippen LogP contribution in [0.4, 0.5) is 0 Å². The maximum absolute atomic E-state index is 12.1. The minimum absolute atomic E-state index is 0.0648. The van der Waals surface area contributed by atoms with Crippen molar-refractivity contribution >= 4 is 31.9 Å². The second kappa shape index (κ2) is 10.6. The van der Waals surface area contributed by atoms with E-state index < -0.39 is 5.97 Å². The highest BCUT2D eigenvalue weighted by Gasteiger charge is 2.20. The summed E-state index contributed by atoms with van der Waals surface area (Å²) in [6, 6.07) is 11.2. The van der Waals surface area contributed by atoms with Crippen LogP contribution in [0.25, 0.3) is 0 Å². The van der Waals surface area contributed by atoms with Crippen LogP contribution in [0.3, 0.4) is 0 Å². The number of methoxy groups -OCH3 is 2. The van der Waals surface area contributed by atoms with Crippen molar-refractivity contribution in [3.63, 3.8) is 0 Å². The third-order valence-electron chi connectivity index (χ3n) is 4.28. The Balaban J connectivity index is 2.33. The van der Waals surface area contributed by atoms with Gasteiger partial charge in [0.15, 0.2) is 5.71 Å². The van der Waals surface area contributed by atoms with Crippen LogP contribution in [-0.4, -0.2) is 38.7 Å². The Morgan fingerprint density at radius 3 is 2.45 bits per heavy atom. The molecule has 8 heteroatoms. The van der Waals surface area contributed by atoms with Gasteiger partial charge in [0.05, 0.1) is 19.9 Å². The zero-order valence-corrected chi connectivity index (χ0v) is 18.3. The summed E-state index contributed by atoms with van der Waals surface area (Å²) in [5.74, 6) is 0.110. The lowest BCUT2D eigenvalue weighted by Gasteiger charge is -2.13. The number of benzene rings is 2. The third-order valence-corrected chi connectivity index (χ3v) is 4.76. The molecule has 0 aliphatic carbocycles. The van der Waals surface area contributed by atoms with E-state index >= 15 is 0 Å². The topological polar surface area (TPSA) is 78.7 Å². The molecule has 0 N–H and O–H groups in total. The Morgan fingerprint density at radius 1 is 1.07 bits per heavy atom. The number of carbonyl (C=O) groups excluding carboxylic acids is 1. The summed E-state index contributed by atoms with van der Waals surface area (Å²) in [7, 11) is 6.94. The smallest absolute Gasteiger partial charge is 0.360 e. The molecule has 0 spiro atoms. The van der Waals surface area contributed by atoms with Gasteiger partial charge in [-0.1, -0.05) is 40.6 Å². The van der Waals surface area contributed by atoms with Gasteiger partial charge in [0, 0.05) is 16.7 Å². The Morgan fingerprint density at radius 2 is 1.79 bits per heavy atom. The molecule has 1 unspecified atom stereocenters. The molecule has 154 valence electrons. The average molecular weight is 416 g/mol. The van der Waals surface area contributed by atoms with Crippen molar-refractivity contribution in [2.45, 2.75) is 20.5 Å². The second-order valence-corrected chi connectivity index (χ2v) is 6.71. The Hall–Kier alpha value is -2.92. The van der Waals surface area contributed by atoms with Crippen LogP contribution in [0.2, 0.25) is 0 Å². The van der Waals surface area contributed by atoms with Gasteiger partial charge in [-0.25, -0.2) is 4.79 Å². The predicted molar refractivity (Wildman–Crippen MR) is 116 cm³/mol. The first kappa shape index (κ1) is 22.4. The van der Waals surface area contributed by atoms with E-state index in [-0.39, 0.29) is 12.3 Å². The van der Waals surface area contributed by atoms with E-state index in [1.807, 2.05) is 44.2 Å². The van der Waals surface area contributed by atoms with Crippen LogP contribution in [0.15, 0.2) is 46.7 Å². The predicted octanol–water partition coefficient (Wildman–Crippen LogP) is 2.97. The Kier molecular flexibility index (Phi) is 8.16. The summed E-state index contributed by atoms with van der Waals surface area (Å²) in [6.07, 6.45) is 0. The van der Waals surface area contributed by atoms with E-state index in [9.17, 15) is 4.79 Å². The average Bonchev–Trinajstić information content (AvgIpc) is 2.72. The third kappa shape index (κ3) is 5.33. The van der Waals surface area contributed by atoms with Gasteiger partial charge in [0.1, 0.15) is 19.5 Å². The summed E-state index contributed by atoms with van der Waals surface area (Å²) in [5.41, 5.74) is 3.83. The zero-order valence-electron chi connectivity index (χ0n) is 17.2. The highest BCUT2D eigenvalue weighted by Crippen LogP contribution is 2.20. The van der Waals surface area contributed by atoms with Gasteiger partial charge in [-0.15, -0.1) is 9.24 Å². The molecule has 2 rings (SSSR count). The first-order valence-electron chi connectivity index (χ1n) is 8.82. The molecule has 0 saturated carbocycles. The number of hydrogen-bond acceptors (Lipinski definition) is 7. The first-order chi connectivity index (χ1) is 13.9. The maximum atomic E-state index is 12.1. The molecule has 0 aromatic heterocycles. The van der Waals surface area contributed by atoms with E-state index in [1.165, 1.54) is 14.2 Å². The van der Waals surface area contributed by atoms with E-state index in [4.69, 9.17) is 19.1 Å². The standard InChI is InChI=1S/C21H25N2O5P/c1-13-8-6-9-15(20(23-27-5)21(24)26-4)16(13)12-28-22-14(2)19-17(25-3)10-7-11-18(19)29/h6-11H,12,29H2,1-5H3/b22-14+,23-20+. The number of carbonyl (C=O) groups is 1. The minimum atomic E-state index is -0.597. The van der Waals surface area contributed by atoms with E-state index in [0.717, 1.165) is 22.0 Å². The molecule has 29 heavy (non-hydrogen) atoms. The van der Waals surface area contributed by atoms with Gasteiger partial charge in [-0.2, -0.15) is 0 Å². The largest absolute Gasteiger partial charge is 0.496 e. The van der Waals surface area contributed by atoms with Crippen LogP contribution < -0.4 is 10.0 Å². The summed E-state index contributed by atoms with van der Waals surface area (Å²) < 4.78 is 10.2. The van der Waals surface area contributed by atoms with E-state index in [0.29, 0.717) is 17.0 Å². The number of aryl methyl sites for hydroxylation is 1. The van der Waals surface area contributed by atoms with Crippen LogP contribution >= 0.6 is 9.24 Å². The summed E-state index contributed by atoms with van der Waals surface area (Å²) >= 11 is 0. The van der Waals surface area contributed by atoms with Crippen molar-refractivity contribution in [1.29, 1.82) is 0 Å². The molecule has 0 aliphatic rings. The molecule has 2 aromatic carbocycles. The fourth-order valence-corrected chi connectivity index (χ4v) is 3.31. The summed E-state index contributed by atoms with van der Waals surface area (Å²) in [5, 5.41) is 9.02. The molecule has 0 radical (unpaired) electrons.